The first-order chi connectivity index (χ1) is 17.7. The van der Waals surface area contributed by atoms with Crippen LogP contribution in [0.1, 0.15) is 19.3 Å². The molecule has 6 aromatic heterocycles. The minimum atomic E-state index is 0.0656. The SMILES string of the molecule is O=C(Nc1cncc(-c2cc3c(-c4cc5c(-c6ccsc6)cncc5[nH]4)n[nH]c3cn2)c1)C1CCC1. The summed E-state index contributed by atoms with van der Waals surface area (Å²) >= 11 is 1.67. The summed E-state index contributed by atoms with van der Waals surface area (Å²) in [5, 5.41) is 16.9. The minimum Gasteiger partial charge on any atom is -0.352 e. The second-order valence-corrected chi connectivity index (χ2v) is 9.89. The summed E-state index contributed by atoms with van der Waals surface area (Å²) < 4.78 is 0. The van der Waals surface area contributed by atoms with E-state index in [1.807, 2.05) is 24.5 Å². The maximum absolute atomic E-state index is 12.4. The van der Waals surface area contributed by atoms with Gasteiger partial charge in [-0.1, -0.05) is 6.42 Å². The number of carbonyl (C=O) groups excluding carboxylic acids is 1. The van der Waals surface area contributed by atoms with Gasteiger partial charge >= 0.3 is 0 Å². The number of nitrogens with zero attached hydrogens (tertiary/aromatic N) is 4. The van der Waals surface area contributed by atoms with Crippen LogP contribution in [-0.4, -0.2) is 36.0 Å². The average molecular weight is 492 g/mol. The van der Waals surface area contributed by atoms with Crippen molar-refractivity contribution in [3.63, 3.8) is 0 Å². The number of aromatic nitrogens is 6. The van der Waals surface area contributed by atoms with E-state index in [9.17, 15) is 4.79 Å². The summed E-state index contributed by atoms with van der Waals surface area (Å²) in [5.41, 5.74) is 8.02. The van der Waals surface area contributed by atoms with Crippen LogP contribution in [0, 0.1) is 5.92 Å². The number of nitrogens with one attached hydrogen (secondary N) is 3. The van der Waals surface area contributed by atoms with Crippen LogP contribution in [0.4, 0.5) is 5.69 Å². The molecule has 3 N–H and O–H groups in total. The van der Waals surface area contributed by atoms with Crippen LogP contribution in [0.3, 0.4) is 0 Å². The Morgan fingerprint density at radius 2 is 1.89 bits per heavy atom. The molecule has 0 spiro atoms. The number of thiophene rings is 1. The standard InChI is InChI=1S/C27H21N7OS/c35-27(15-2-1-3-15)31-18-6-17(9-28-10-18)22-8-20-25(13-30-22)33-34-26(20)23-7-19-21(16-4-5-36-14-16)11-29-12-24(19)32-23/h4-15,32H,1-3H2,(H,31,35)(H,33,34). The topological polar surface area (TPSA) is 112 Å². The van der Waals surface area contributed by atoms with Crippen LogP contribution in [0.15, 0.2) is 66.0 Å². The van der Waals surface area contributed by atoms with Gasteiger partial charge in [0.05, 0.1) is 46.7 Å². The summed E-state index contributed by atoms with van der Waals surface area (Å²) in [6.45, 7) is 0. The summed E-state index contributed by atoms with van der Waals surface area (Å²) in [7, 11) is 0. The van der Waals surface area contributed by atoms with Crippen LogP contribution in [0.25, 0.3) is 55.6 Å². The predicted octanol–water partition coefficient (Wildman–Crippen LogP) is 6.03. The molecule has 36 heavy (non-hydrogen) atoms. The van der Waals surface area contributed by atoms with Gasteiger partial charge in [0.25, 0.3) is 0 Å². The van der Waals surface area contributed by atoms with Gasteiger partial charge in [-0.15, -0.1) is 0 Å². The molecule has 1 saturated carbocycles. The molecule has 1 amide bonds. The molecule has 1 aliphatic rings. The monoisotopic (exact) mass is 491 g/mol. The highest BCUT2D eigenvalue weighted by molar-refractivity contribution is 7.08. The number of anilines is 1. The Bertz CT molecular complexity index is 1730. The van der Waals surface area contributed by atoms with Crippen molar-refractivity contribution < 1.29 is 4.79 Å². The van der Waals surface area contributed by atoms with Crippen molar-refractivity contribution in [1.82, 2.24) is 30.1 Å². The number of rotatable bonds is 5. The molecule has 6 aromatic rings. The van der Waals surface area contributed by atoms with Crippen molar-refractivity contribution in [3.8, 4) is 33.8 Å². The van der Waals surface area contributed by atoms with Crippen molar-refractivity contribution in [2.24, 2.45) is 5.92 Å². The Kier molecular flexibility index (Phi) is 4.88. The first kappa shape index (κ1) is 21.0. The molecule has 0 atom stereocenters. The van der Waals surface area contributed by atoms with Crippen molar-refractivity contribution in [3.05, 3.63) is 66.0 Å². The molecule has 0 saturated heterocycles. The zero-order chi connectivity index (χ0) is 24.1. The highest BCUT2D eigenvalue weighted by Crippen LogP contribution is 2.35. The fourth-order valence-electron chi connectivity index (χ4n) is 4.67. The van der Waals surface area contributed by atoms with E-state index in [2.05, 4.69) is 58.3 Å². The van der Waals surface area contributed by atoms with Gasteiger partial charge in [-0.25, -0.2) is 0 Å². The third kappa shape index (κ3) is 3.56. The second kappa shape index (κ2) is 8.39. The lowest BCUT2D eigenvalue weighted by Crippen LogP contribution is -2.28. The van der Waals surface area contributed by atoms with Gasteiger partial charge in [0.2, 0.25) is 5.91 Å². The summed E-state index contributed by atoms with van der Waals surface area (Å²) in [6.07, 6.45) is 12.0. The largest absolute Gasteiger partial charge is 0.352 e. The number of hydrogen-bond acceptors (Lipinski definition) is 6. The normalized spacial score (nSPS) is 13.8. The van der Waals surface area contributed by atoms with Gasteiger partial charge in [0.15, 0.2) is 0 Å². The van der Waals surface area contributed by atoms with Crippen LogP contribution in [-0.2, 0) is 4.79 Å². The van der Waals surface area contributed by atoms with E-state index in [0.29, 0.717) is 5.69 Å². The third-order valence-electron chi connectivity index (χ3n) is 6.86. The molecule has 176 valence electrons. The lowest BCUT2D eigenvalue weighted by Gasteiger charge is -2.24. The van der Waals surface area contributed by atoms with Gasteiger partial charge in [-0.05, 0) is 53.4 Å². The Morgan fingerprint density at radius 3 is 2.72 bits per heavy atom. The first-order valence-corrected chi connectivity index (χ1v) is 12.8. The zero-order valence-electron chi connectivity index (χ0n) is 19.2. The van der Waals surface area contributed by atoms with E-state index in [-0.39, 0.29) is 11.8 Å². The molecule has 7 rings (SSSR count). The Morgan fingerprint density at radius 1 is 0.972 bits per heavy atom. The fraction of sp³-hybridized carbons (Fsp3) is 0.148. The molecule has 8 nitrogen and oxygen atoms in total. The van der Waals surface area contributed by atoms with E-state index < -0.39 is 0 Å². The number of fused-ring (bicyclic) bond motifs is 2. The van der Waals surface area contributed by atoms with Crippen LogP contribution in [0.5, 0.6) is 0 Å². The van der Waals surface area contributed by atoms with Gasteiger partial charge < -0.3 is 10.3 Å². The quantitative estimate of drug-likeness (QED) is 0.273. The lowest BCUT2D eigenvalue weighted by atomic mass is 9.85. The summed E-state index contributed by atoms with van der Waals surface area (Å²) in [4.78, 5) is 29.2. The first-order valence-electron chi connectivity index (χ1n) is 11.8. The van der Waals surface area contributed by atoms with Gasteiger partial charge in [0, 0.05) is 40.2 Å². The predicted molar refractivity (Wildman–Crippen MR) is 141 cm³/mol. The number of pyridine rings is 3. The molecular formula is C27H21N7OS. The molecule has 0 aromatic carbocycles. The van der Waals surface area contributed by atoms with Gasteiger partial charge in [0.1, 0.15) is 5.69 Å². The average Bonchev–Trinajstić information content (AvgIpc) is 3.61. The molecule has 0 bridgehead atoms. The zero-order valence-corrected chi connectivity index (χ0v) is 20.0. The van der Waals surface area contributed by atoms with Crippen molar-refractivity contribution >= 4 is 44.7 Å². The molecular weight excluding hydrogens is 470 g/mol. The summed E-state index contributed by atoms with van der Waals surface area (Å²) in [6, 6.07) is 8.15. The Labute approximate surface area is 209 Å². The third-order valence-corrected chi connectivity index (χ3v) is 7.54. The maximum Gasteiger partial charge on any atom is 0.227 e. The van der Waals surface area contributed by atoms with E-state index in [1.165, 1.54) is 0 Å². The smallest absolute Gasteiger partial charge is 0.227 e. The maximum atomic E-state index is 12.4. The number of hydrogen-bond donors (Lipinski definition) is 3. The summed E-state index contributed by atoms with van der Waals surface area (Å²) in [5.74, 6) is 0.180. The molecule has 0 aliphatic heterocycles. The van der Waals surface area contributed by atoms with Crippen LogP contribution >= 0.6 is 11.3 Å². The van der Waals surface area contributed by atoms with Crippen LogP contribution < -0.4 is 5.32 Å². The number of aromatic amines is 2. The van der Waals surface area contributed by atoms with Gasteiger partial charge in [-0.3, -0.25) is 24.8 Å². The highest BCUT2D eigenvalue weighted by atomic mass is 32.1. The lowest BCUT2D eigenvalue weighted by molar-refractivity contribution is -0.122. The highest BCUT2D eigenvalue weighted by Gasteiger charge is 2.25. The fourth-order valence-corrected chi connectivity index (χ4v) is 5.33. The minimum absolute atomic E-state index is 0.0656. The van der Waals surface area contributed by atoms with E-state index in [4.69, 9.17) is 0 Å². The second-order valence-electron chi connectivity index (χ2n) is 9.11. The molecule has 0 radical (unpaired) electrons. The Hall–Kier alpha value is -4.37. The van der Waals surface area contributed by atoms with Crippen LogP contribution in [0.2, 0.25) is 0 Å². The Balaban J connectivity index is 1.26. The van der Waals surface area contributed by atoms with E-state index >= 15 is 0 Å². The van der Waals surface area contributed by atoms with E-state index in [0.717, 1.165) is 74.8 Å². The van der Waals surface area contributed by atoms with Crippen molar-refractivity contribution in [2.75, 3.05) is 5.32 Å². The molecule has 1 fully saturated rings. The number of amides is 1. The van der Waals surface area contributed by atoms with Crippen molar-refractivity contribution in [2.45, 2.75) is 19.3 Å². The van der Waals surface area contributed by atoms with Gasteiger partial charge in [-0.2, -0.15) is 16.4 Å². The molecule has 1 aliphatic carbocycles. The number of carbonyl (C=O) groups is 1. The molecule has 0 unspecified atom stereocenters. The molecule has 9 heteroatoms. The van der Waals surface area contributed by atoms with E-state index in [1.54, 1.807) is 29.9 Å². The number of H-pyrrole nitrogens is 2. The van der Waals surface area contributed by atoms with Crippen molar-refractivity contribution in [1.29, 1.82) is 0 Å². The molecule has 6 heterocycles.